The molecule has 6 nitrogen and oxygen atoms in total. The number of H-pyrrole nitrogens is 1. The molecule has 1 aromatic heterocycles. The van der Waals surface area contributed by atoms with Crippen LogP contribution >= 0.6 is 11.8 Å². The Morgan fingerprint density at radius 3 is 3.04 bits per heavy atom. The van der Waals surface area contributed by atoms with Gasteiger partial charge < -0.3 is 20.9 Å². The Bertz CT molecular complexity index is 821. The number of hydrogen-bond acceptors (Lipinski definition) is 3. The number of aromatic amines is 1. The number of fused-ring (bicyclic) bond motifs is 2. The number of carbonyl (C=O) groups excluding carboxylic acids is 2. The Morgan fingerprint density at radius 2 is 2.11 bits per heavy atom. The van der Waals surface area contributed by atoms with E-state index in [9.17, 15) is 9.59 Å². The number of para-hydroxylation sites is 1. The number of hydrogen-bond donors (Lipinski definition) is 4. The summed E-state index contributed by atoms with van der Waals surface area (Å²) < 4.78 is 0. The summed E-state index contributed by atoms with van der Waals surface area (Å²) in [6, 6.07) is 8.73. The van der Waals surface area contributed by atoms with E-state index < -0.39 is 0 Å². The number of nitrogens with one attached hydrogen (secondary N) is 4. The molecular weight excluding hydrogens is 360 g/mol. The van der Waals surface area contributed by atoms with Crippen molar-refractivity contribution in [2.75, 3.05) is 12.3 Å². The number of rotatable bonds is 8. The Kier molecular flexibility index (Phi) is 5.57. The molecule has 0 bridgehead atoms. The summed E-state index contributed by atoms with van der Waals surface area (Å²) in [4.78, 5) is 26.7. The van der Waals surface area contributed by atoms with E-state index >= 15 is 0 Å². The maximum Gasteiger partial charge on any atom is 0.315 e. The molecule has 7 heteroatoms. The molecule has 2 saturated heterocycles. The van der Waals surface area contributed by atoms with Gasteiger partial charge in [-0.25, -0.2) is 4.79 Å². The zero-order valence-electron chi connectivity index (χ0n) is 15.3. The molecule has 3 amide bonds. The van der Waals surface area contributed by atoms with E-state index in [4.69, 9.17) is 0 Å². The zero-order chi connectivity index (χ0) is 18.6. The highest BCUT2D eigenvalue weighted by atomic mass is 32.2. The minimum absolute atomic E-state index is 0.0371. The van der Waals surface area contributed by atoms with E-state index in [0.29, 0.717) is 18.2 Å². The highest BCUT2D eigenvalue weighted by Crippen LogP contribution is 2.33. The Balaban J connectivity index is 1.12. The average Bonchev–Trinajstić information content (AvgIpc) is 3.34. The molecule has 3 atom stereocenters. The largest absolute Gasteiger partial charge is 0.361 e. The Hall–Kier alpha value is -2.15. The second kappa shape index (κ2) is 8.25. The SMILES string of the molecule is O=C(CCCCC1SCC2NC(=O)NC21)NCCc1c[nH]c2ccccc12. The van der Waals surface area contributed by atoms with Gasteiger partial charge in [-0.05, 0) is 30.9 Å². The van der Waals surface area contributed by atoms with Gasteiger partial charge in [0, 0.05) is 41.1 Å². The summed E-state index contributed by atoms with van der Waals surface area (Å²) in [6.45, 7) is 0.667. The predicted octanol–water partition coefficient (Wildman–Crippen LogP) is 2.55. The van der Waals surface area contributed by atoms with Crippen molar-refractivity contribution < 1.29 is 9.59 Å². The minimum atomic E-state index is -0.0371. The van der Waals surface area contributed by atoms with Crippen molar-refractivity contribution in [1.29, 1.82) is 0 Å². The van der Waals surface area contributed by atoms with Gasteiger partial charge in [-0.1, -0.05) is 24.6 Å². The number of benzene rings is 1. The lowest BCUT2D eigenvalue weighted by Gasteiger charge is -2.16. The fourth-order valence-corrected chi connectivity index (χ4v) is 5.58. The smallest absolute Gasteiger partial charge is 0.315 e. The molecule has 3 heterocycles. The van der Waals surface area contributed by atoms with E-state index in [1.165, 1.54) is 10.9 Å². The van der Waals surface area contributed by atoms with E-state index in [1.807, 2.05) is 30.1 Å². The van der Waals surface area contributed by atoms with Crippen LogP contribution in [-0.4, -0.2) is 46.6 Å². The van der Waals surface area contributed by atoms with Crippen LogP contribution in [0, 0.1) is 0 Å². The lowest BCUT2D eigenvalue weighted by Crippen LogP contribution is -2.36. The van der Waals surface area contributed by atoms with Crippen LogP contribution in [-0.2, 0) is 11.2 Å². The highest BCUT2D eigenvalue weighted by molar-refractivity contribution is 8.00. The van der Waals surface area contributed by atoms with Gasteiger partial charge in [0.1, 0.15) is 0 Å². The first kappa shape index (κ1) is 18.2. The third-order valence-corrected chi connectivity index (χ3v) is 6.98. The topological polar surface area (TPSA) is 86.0 Å². The van der Waals surface area contributed by atoms with Gasteiger partial charge in [0.2, 0.25) is 5.91 Å². The molecule has 2 fully saturated rings. The molecule has 0 spiro atoms. The summed E-state index contributed by atoms with van der Waals surface area (Å²) in [6.07, 6.45) is 6.41. The molecule has 3 unspecified atom stereocenters. The molecule has 0 aliphatic carbocycles. The van der Waals surface area contributed by atoms with Crippen molar-refractivity contribution in [3.05, 3.63) is 36.0 Å². The van der Waals surface area contributed by atoms with Gasteiger partial charge in [0.15, 0.2) is 0 Å². The van der Waals surface area contributed by atoms with Crippen LogP contribution in [0.3, 0.4) is 0 Å². The molecule has 1 aromatic carbocycles. The van der Waals surface area contributed by atoms with Gasteiger partial charge in [0.25, 0.3) is 0 Å². The van der Waals surface area contributed by atoms with Crippen molar-refractivity contribution in [3.63, 3.8) is 0 Å². The average molecular weight is 387 g/mol. The molecule has 2 aromatic rings. The normalized spacial score (nSPS) is 23.9. The third kappa shape index (κ3) is 4.24. The van der Waals surface area contributed by atoms with Gasteiger partial charge >= 0.3 is 6.03 Å². The molecule has 27 heavy (non-hydrogen) atoms. The summed E-state index contributed by atoms with van der Waals surface area (Å²) in [5, 5.41) is 10.7. The first-order chi connectivity index (χ1) is 13.2. The Labute approximate surface area is 163 Å². The number of thioether (sulfide) groups is 1. The van der Waals surface area contributed by atoms with E-state index in [-0.39, 0.29) is 24.0 Å². The quantitative estimate of drug-likeness (QED) is 0.415. The van der Waals surface area contributed by atoms with E-state index in [0.717, 1.165) is 37.0 Å². The predicted molar refractivity (Wildman–Crippen MR) is 109 cm³/mol. The fraction of sp³-hybridized carbons (Fsp3) is 0.500. The number of amides is 3. The van der Waals surface area contributed by atoms with Crippen LogP contribution in [0.2, 0.25) is 0 Å². The maximum absolute atomic E-state index is 12.1. The zero-order valence-corrected chi connectivity index (χ0v) is 16.1. The molecular formula is C20H26N4O2S. The highest BCUT2D eigenvalue weighted by Gasteiger charge is 2.42. The molecule has 2 aliphatic heterocycles. The van der Waals surface area contributed by atoms with E-state index in [1.54, 1.807) is 0 Å². The first-order valence-corrected chi connectivity index (χ1v) is 10.8. The molecule has 4 N–H and O–H groups in total. The fourth-order valence-electron chi connectivity index (χ4n) is 4.04. The minimum Gasteiger partial charge on any atom is -0.361 e. The van der Waals surface area contributed by atoms with Crippen LogP contribution in [0.1, 0.15) is 31.2 Å². The molecule has 0 radical (unpaired) electrons. The van der Waals surface area contributed by atoms with Crippen molar-refractivity contribution in [2.24, 2.45) is 0 Å². The molecule has 4 rings (SSSR count). The van der Waals surface area contributed by atoms with Gasteiger partial charge in [-0.3, -0.25) is 4.79 Å². The number of aromatic nitrogens is 1. The molecule has 0 saturated carbocycles. The van der Waals surface area contributed by atoms with Crippen LogP contribution in [0.5, 0.6) is 0 Å². The number of carbonyl (C=O) groups is 2. The van der Waals surface area contributed by atoms with Crippen molar-refractivity contribution in [1.82, 2.24) is 20.9 Å². The summed E-state index contributed by atoms with van der Waals surface area (Å²) in [5.74, 6) is 1.12. The lowest BCUT2D eigenvalue weighted by atomic mass is 10.0. The lowest BCUT2D eigenvalue weighted by molar-refractivity contribution is -0.121. The molecule has 2 aliphatic rings. The number of urea groups is 1. The maximum atomic E-state index is 12.1. The summed E-state index contributed by atoms with van der Waals surface area (Å²) in [5.41, 5.74) is 2.38. The number of unbranched alkanes of at least 4 members (excludes halogenated alkanes) is 1. The Morgan fingerprint density at radius 1 is 1.22 bits per heavy atom. The third-order valence-electron chi connectivity index (χ3n) is 5.47. The van der Waals surface area contributed by atoms with Crippen LogP contribution in [0.15, 0.2) is 30.5 Å². The van der Waals surface area contributed by atoms with Gasteiger partial charge in [-0.15, -0.1) is 0 Å². The van der Waals surface area contributed by atoms with Crippen LogP contribution in [0.4, 0.5) is 4.79 Å². The van der Waals surface area contributed by atoms with Crippen LogP contribution < -0.4 is 16.0 Å². The van der Waals surface area contributed by atoms with Crippen LogP contribution in [0.25, 0.3) is 10.9 Å². The summed E-state index contributed by atoms with van der Waals surface area (Å²) >= 11 is 1.93. The van der Waals surface area contributed by atoms with Gasteiger partial charge in [-0.2, -0.15) is 11.8 Å². The monoisotopic (exact) mass is 386 g/mol. The summed E-state index contributed by atoms with van der Waals surface area (Å²) in [7, 11) is 0. The van der Waals surface area contributed by atoms with E-state index in [2.05, 4.69) is 33.1 Å². The van der Waals surface area contributed by atoms with Gasteiger partial charge in [0.05, 0.1) is 12.1 Å². The van der Waals surface area contributed by atoms with Crippen molar-refractivity contribution in [3.8, 4) is 0 Å². The first-order valence-electron chi connectivity index (χ1n) is 9.71. The molecule has 144 valence electrons. The van der Waals surface area contributed by atoms with Crippen molar-refractivity contribution in [2.45, 2.75) is 49.4 Å². The second-order valence-electron chi connectivity index (χ2n) is 7.33. The van der Waals surface area contributed by atoms with Crippen molar-refractivity contribution >= 4 is 34.6 Å². The standard InChI is InChI=1S/C20H26N4O2S/c25-18(21-10-9-13-11-22-15-6-2-1-5-14(13)15)8-4-3-7-17-19-16(12-27-17)23-20(26)24-19/h1-2,5-6,11,16-17,19,22H,3-4,7-10,12H2,(H,21,25)(H2,23,24,26). The second-order valence-corrected chi connectivity index (χ2v) is 8.60.